The van der Waals surface area contributed by atoms with Crippen LogP contribution in [0.4, 0.5) is 0 Å². The quantitative estimate of drug-likeness (QED) is 0.565. The molecule has 1 atom stereocenters. The third kappa shape index (κ3) is 4.27. The minimum Gasteiger partial charge on any atom is -0.404 e. The highest BCUT2D eigenvalue weighted by Gasteiger charge is 2.38. The van der Waals surface area contributed by atoms with Gasteiger partial charge in [-0.25, -0.2) is 0 Å². The molecule has 2 nitrogen and oxygen atoms in total. The summed E-state index contributed by atoms with van der Waals surface area (Å²) in [5, 5.41) is 8.77. The zero-order valence-corrected chi connectivity index (χ0v) is 11.1. The first-order valence-electron chi connectivity index (χ1n) is 4.98. The van der Waals surface area contributed by atoms with E-state index in [0.29, 0.717) is 0 Å². The molecule has 14 heavy (non-hydrogen) atoms. The van der Waals surface area contributed by atoms with Gasteiger partial charge in [0, 0.05) is 0 Å². The molecule has 1 N–H and O–H groups in total. The molecule has 0 amide bonds. The first kappa shape index (κ1) is 13.7. The van der Waals surface area contributed by atoms with E-state index in [0.717, 1.165) is 0 Å². The molecule has 0 aromatic rings. The Labute approximate surface area is 88.8 Å². The van der Waals surface area contributed by atoms with Crippen molar-refractivity contribution in [1.29, 1.82) is 0 Å². The molecule has 0 bridgehead atoms. The molecule has 0 radical (unpaired) electrons. The Morgan fingerprint density at radius 2 is 1.86 bits per heavy atom. The van der Waals surface area contributed by atoms with Gasteiger partial charge in [0.25, 0.3) is 0 Å². The molecule has 0 aromatic carbocycles. The van der Waals surface area contributed by atoms with Crippen LogP contribution in [-0.2, 0) is 4.43 Å². The molecule has 0 spiro atoms. The number of hydrogen-bond acceptors (Lipinski definition) is 2. The SMILES string of the molecule is CC(C#CCO)O[Si](C)(C)C(C)(C)C. The summed E-state index contributed by atoms with van der Waals surface area (Å²) in [6, 6.07) is 0. The number of hydrogen-bond donors (Lipinski definition) is 1. The van der Waals surface area contributed by atoms with Crippen LogP contribution in [0.25, 0.3) is 0 Å². The van der Waals surface area contributed by atoms with Crippen LogP contribution in [0.5, 0.6) is 0 Å². The van der Waals surface area contributed by atoms with E-state index in [1.807, 2.05) is 6.92 Å². The van der Waals surface area contributed by atoms with Crippen molar-refractivity contribution in [1.82, 2.24) is 0 Å². The van der Waals surface area contributed by atoms with Gasteiger partial charge < -0.3 is 9.53 Å². The molecule has 0 heterocycles. The van der Waals surface area contributed by atoms with Gasteiger partial charge in [0.05, 0.1) is 0 Å². The Bertz CT molecular complexity index is 230. The van der Waals surface area contributed by atoms with Crippen LogP contribution >= 0.6 is 0 Å². The third-order valence-electron chi connectivity index (χ3n) is 2.66. The topological polar surface area (TPSA) is 29.5 Å². The average Bonchev–Trinajstić information content (AvgIpc) is 1.97. The van der Waals surface area contributed by atoms with Crippen LogP contribution < -0.4 is 0 Å². The van der Waals surface area contributed by atoms with Gasteiger partial charge in [0.1, 0.15) is 12.7 Å². The maximum absolute atomic E-state index is 8.56. The average molecular weight is 214 g/mol. The molecule has 82 valence electrons. The van der Waals surface area contributed by atoms with Gasteiger partial charge in [-0.15, -0.1) is 0 Å². The molecule has 0 saturated carbocycles. The Morgan fingerprint density at radius 1 is 1.36 bits per heavy atom. The summed E-state index contributed by atoms with van der Waals surface area (Å²) >= 11 is 0. The maximum Gasteiger partial charge on any atom is 0.193 e. The fourth-order valence-corrected chi connectivity index (χ4v) is 2.13. The summed E-state index contributed by atoms with van der Waals surface area (Å²) in [5.41, 5.74) is 0. The highest BCUT2D eigenvalue weighted by Crippen LogP contribution is 2.37. The van der Waals surface area contributed by atoms with Crippen molar-refractivity contribution in [2.45, 2.75) is 51.9 Å². The Hall–Kier alpha value is -0.303. The van der Waals surface area contributed by atoms with Gasteiger partial charge in [-0.05, 0) is 25.1 Å². The molecule has 0 fully saturated rings. The van der Waals surface area contributed by atoms with Gasteiger partial charge in [0.15, 0.2) is 8.32 Å². The van der Waals surface area contributed by atoms with Crippen molar-refractivity contribution in [2.24, 2.45) is 0 Å². The second-order valence-electron chi connectivity index (χ2n) is 5.00. The van der Waals surface area contributed by atoms with E-state index in [1.165, 1.54) is 0 Å². The summed E-state index contributed by atoms with van der Waals surface area (Å²) in [4.78, 5) is 0. The Kier molecular flexibility index (Phi) is 4.86. The second-order valence-corrected chi connectivity index (χ2v) is 9.76. The van der Waals surface area contributed by atoms with Crippen molar-refractivity contribution in [2.75, 3.05) is 6.61 Å². The predicted octanol–water partition coefficient (Wildman–Crippen LogP) is 2.39. The van der Waals surface area contributed by atoms with Crippen LogP contribution in [-0.4, -0.2) is 26.1 Å². The molecule has 3 heteroatoms. The number of aliphatic hydroxyl groups is 1. The van der Waals surface area contributed by atoms with Crippen LogP contribution in [0.2, 0.25) is 18.1 Å². The van der Waals surface area contributed by atoms with Crippen LogP contribution in [0.1, 0.15) is 27.7 Å². The summed E-state index contributed by atoms with van der Waals surface area (Å²) in [6.45, 7) is 12.8. The van der Waals surface area contributed by atoms with E-state index >= 15 is 0 Å². The minimum absolute atomic E-state index is 0.0805. The molecule has 0 aliphatic heterocycles. The molecule has 0 aliphatic carbocycles. The van der Waals surface area contributed by atoms with Crippen molar-refractivity contribution in [3.8, 4) is 11.8 Å². The number of rotatable bonds is 2. The first-order chi connectivity index (χ1) is 6.20. The predicted molar refractivity (Wildman–Crippen MR) is 62.6 cm³/mol. The first-order valence-corrected chi connectivity index (χ1v) is 7.88. The Morgan fingerprint density at radius 3 is 2.21 bits per heavy atom. The summed E-state index contributed by atoms with van der Waals surface area (Å²) in [7, 11) is -1.70. The van der Waals surface area contributed by atoms with Crippen molar-refractivity contribution < 1.29 is 9.53 Å². The van der Waals surface area contributed by atoms with Crippen LogP contribution in [0.15, 0.2) is 0 Å². The van der Waals surface area contributed by atoms with Crippen molar-refractivity contribution >= 4 is 8.32 Å². The van der Waals surface area contributed by atoms with E-state index in [-0.39, 0.29) is 17.7 Å². The largest absolute Gasteiger partial charge is 0.404 e. The van der Waals surface area contributed by atoms with E-state index in [9.17, 15) is 0 Å². The van der Waals surface area contributed by atoms with Crippen LogP contribution in [0, 0.1) is 11.8 Å². The fourth-order valence-electron chi connectivity index (χ4n) is 0.838. The zero-order valence-electron chi connectivity index (χ0n) is 10.1. The molecule has 0 saturated heterocycles. The van der Waals surface area contributed by atoms with E-state index < -0.39 is 8.32 Å². The van der Waals surface area contributed by atoms with Gasteiger partial charge in [-0.2, -0.15) is 0 Å². The van der Waals surface area contributed by atoms with Gasteiger partial charge >= 0.3 is 0 Å². The lowest BCUT2D eigenvalue weighted by Crippen LogP contribution is -2.43. The normalized spacial score (nSPS) is 14.5. The standard InChI is InChI=1S/C11H22O2Si/c1-10(8-7-9-12)13-14(5,6)11(2,3)4/h10,12H,9H2,1-6H3. The minimum atomic E-state index is -1.70. The molecule has 1 unspecified atom stereocenters. The van der Waals surface area contributed by atoms with Gasteiger partial charge in [0.2, 0.25) is 0 Å². The van der Waals surface area contributed by atoms with Crippen molar-refractivity contribution in [3.63, 3.8) is 0 Å². The van der Waals surface area contributed by atoms with Gasteiger partial charge in [-0.1, -0.05) is 32.6 Å². The molecule has 0 aliphatic rings. The highest BCUT2D eigenvalue weighted by molar-refractivity contribution is 6.74. The molecular formula is C11H22O2Si. The lowest BCUT2D eigenvalue weighted by atomic mass is 10.2. The maximum atomic E-state index is 8.56. The second kappa shape index (κ2) is 4.97. The van der Waals surface area contributed by atoms with Crippen molar-refractivity contribution in [3.05, 3.63) is 0 Å². The molecular weight excluding hydrogens is 192 g/mol. The third-order valence-corrected chi connectivity index (χ3v) is 7.22. The van der Waals surface area contributed by atoms with E-state index in [2.05, 4.69) is 45.7 Å². The summed E-state index contributed by atoms with van der Waals surface area (Å²) in [6.07, 6.45) is -0.0805. The summed E-state index contributed by atoms with van der Waals surface area (Å²) in [5.74, 6) is 5.50. The lowest BCUT2D eigenvalue weighted by Gasteiger charge is -2.37. The van der Waals surface area contributed by atoms with Gasteiger partial charge in [-0.3, -0.25) is 0 Å². The molecule has 0 aromatic heterocycles. The summed E-state index contributed by atoms with van der Waals surface area (Å²) < 4.78 is 5.96. The smallest absolute Gasteiger partial charge is 0.193 e. The highest BCUT2D eigenvalue weighted by atomic mass is 28.4. The Balaban J connectivity index is 4.37. The fraction of sp³-hybridized carbons (Fsp3) is 0.818. The monoisotopic (exact) mass is 214 g/mol. The van der Waals surface area contributed by atoms with Crippen LogP contribution in [0.3, 0.4) is 0 Å². The zero-order chi connectivity index (χ0) is 11.4. The molecule has 0 rings (SSSR count). The lowest BCUT2D eigenvalue weighted by molar-refractivity contribution is 0.251. The van der Waals surface area contributed by atoms with E-state index in [1.54, 1.807) is 0 Å². The van der Waals surface area contributed by atoms with E-state index in [4.69, 9.17) is 9.53 Å². The number of aliphatic hydroxyl groups excluding tert-OH is 1.